The molecule has 0 aromatic heterocycles. The predicted octanol–water partition coefficient (Wildman–Crippen LogP) is 1.07. The molecule has 0 spiro atoms. The van der Waals surface area contributed by atoms with E-state index in [1.54, 1.807) is 7.11 Å². The van der Waals surface area contributed by atoms with Gasteiger partial charge in [-0.05, 0) is 25.8 Å². The van der Waals surface area contributed by atoms with Gasteiger partial charge in [0.25, 0.3) is 0 Å². The van der Waals surface area contributed by atoms with Gasteiger partial charge in [-0.15, -0.1) is 0 Å². The van der Waals surface area contributed by atoms with Crippen molar-refractivity contribution >= 4 is 5.97 Å². The first-order valence-electron chi connectivity index (χ1n) is 6.68. The lowest BCUT2D eigenvalue weighted by Crippen LogP contribution is -2.46. The predicted molar refractivity (Wildman–Crippen MR) is 68.5 cm³/mol. The van der Waals surface area contributed by atoms with Crippen molar-refractivity contribution in [1.29, 1.82) is 0 Å². The van der Waals surface area contributed by atoms with Crippen LogP contribution in [0.1, 0.15) is 25.7 Å². The Bertz CT molecular complexity index is 235. The fourth-order valence-corrected chi connectivity index (χ4v) is 2.25. The van der Waals surface area contributed by atoms with Gasteiger partial charge in [-0.25, -0.2) is 0 Å². The van der Waals surface area contributed by atoms with Crippen LogP contribution in [0.25, 0.3) is 0 Å². The second kappa shape index (κ2) is 9.30. The number of nitrogens with zero attached hydrogens (tertiary/aromatic N) is 1. The highest BCUT2D eigenvalue weighted by molar-refractivity contribution is 5.75. The summed E-state index contributed by atoms with van der Waals surface area (Å²) >= 11 is 0. The quantitative estimate of drug-likeness (QED) is 0.482. The van der Waals surface area contributed by atoms with Crippen LogP contribution >= 0.6 is 0 Å². The zero-order valence-electron chi connectivity index (χ0n) is 11.5. The topological polar surface area (TPSA) is 48.0 Å². The summed E-state index contributed by atoms with van der Waals surface area (Å²) in [4.78, 5) is 13.8. The molecule has 0 amide bonds. The minimum Gasteiger partial charge on any atom is -0.468 e. The van der Waals surface area contributed by atoms with Gasteiger partial charge >= 0.3 is 5.97 Å². The van der Waals surface area contributed by atoms with Crippen LogP contribution in [-0.4, -0.2) is 64.0 Å². The number of esters is 1. The lowest BCUT2D eigenvalue weighted by Gasteiger charge is -2.33. The second-order valence-electron chi connectivity index (χ2n) is 4.53. The standard InChI is InChI=1S/C13H25NO4/c1-16-9-5-10-18-11-8-14-7-4-3-6-12(14)13(15)17-2/h12H,3-11H2,1-2H3/t12-/m1/s1. The van der Waals surface area contributed by atoms with Crippen molar-refractivity contribution in [3.05, 3.63) is 0 Å². The summed E-state index contributed by atoms with van der Waals surface area (Å²) in [7, 11) is 3.14. The molecule has 106 valence electrons. The molecule has 1 rings (SSSR count). The van der Waals surface area contributed by atoms with Crippen LogP contribution in [0, 0.1) is 0 Å². The van der Waals surface area contributed by atoms with Gasteiger partial charge < -0.3 is 14.2 Å². The van der Waals surface area contributed by atoms with E-state index in [-0.39, 0.29) is 12.0 Å². The molecule has 1 fully saturated rings. The molecule has 1 saturated heterocycles. The lowest BCUT2D eigenvalue weighted by atomic mass is 10.0. The average molecular weight is 259 g/mol. The highest BCUT2D eigenvalue weighted by Gasteiger charge is 2.28. The van der Waals surface area contributed by atoms with Gasteiger partial charge in [-0.1, -0.05) is 6.42 Å². The van der Waals surface area contributed by atoms with E-state index in [4.69, 9.17) is 14.2 Å². The maximum Gasteiger partial charge on any atom is 0.323 e. The smallest absolute Gasteiger partial charge is 0.323 e. The minimum atomic E-state index is -0.117. The van der Waals surface area contributed by atoms with E-state index in [1.165, 1.54) is 7.11 Å². The normalized spacial score (nSPS) is 20.9. The summed E-state index contributed by atoms with van der Waals surface area (Å²) in [5, 5.41) is 0. The fourth-order valence-electron chi connectivity index (χ4n) is 2.25. The molecule has 18 heavy (non-hydrogen) atoms. The van der Waals surface area contributed by atoms with Crippen LogP contribution in [0.2, 0.25) is 0 Å². The molecule has 0 aromatic carbocycles. The summed E-state index contributed by atoms with van der Waals surface area (Å²) in [5.74, 6) is -0.117. The molecule has 0 saturated carbocycles. The number of likely N-dealkylation sites (tertiary alicyclic amines) is 1. The molecule has 5 heteroatoms. The zero-order chi connectivity index (χ0) is 13.2. The highest BCUT2D eigenvalue weighted by Crippen LogP contribution is 2.17. The number of hydrogen-bond acceptors (Lipinski definition) is 5. The van der Waals surface area contributed by atoms with Crippen molar-refractivity contribution in [3.63, 3.8) is 0 Å². The Kier molecular flexibility index (Phi) is 7.96. The summed E-state index contributed by atoms with van der Waals surface area (Å²) in [6, 6.07) is -0.0775. The fraction of sp³-hybridized carbons (Fsp3) is 0.923. The molecule has 1 heterocycles. The summed E-state index contributed by atoms with van der Waals surface area (Å²) < 4.78 is 15.3. The van der Waals surface area contributed by atoms with Gasteiger partial charge in [0.15, 0.2) is 0 Å². The third kappa shape index (κ3) is 5.33. The molecule has 1 aliphatic rings. The third-order valence-electron chi connectivity index (χ3n) is 3.25. The molecule has 1 aliphatic heterocycles. The Balaban J connectivity index is 2.19. The Labute approximate surface area is 109 Å². The van der Waals surface area contributed by atoms with Crippen LogP contribution in [0.15, 0.2) is 0 Å². The van der Waals surface area contributed by atoms with E-state index >= 15 is 0 Å². The average Bonchev–Trinajstić information content (AvgIpc) is 2.42. The van der Waals surface area contributed by atoms with E-state index in [2.05, 4.69) is 4.90 Å². The monoisotopic (exact) mass is 259 g/mol. The SMILES string of the molecule is COCCCOCCN1CCCC[C@@H]1C(=O)OC. The van der Waals surface area contributed by atoms with Crippen molar-refractivity contribution < 1.29 is 19.0 Å². The van der Waals surface area contributed by atoms with E-state index in [0.717, 1.165) is 45.4 Å². The highest BCUT2D eigenvalue weighted by atomic mass is 16.5. The largest absolute Gasteiger partial charge is 0.468 e. The number of hydrogen-bond donors (Lipinski definition) is 0. The van der Waals surface area contributed by atoms with Crippen molar-refractivity contribution in [2.75, 3.05) is 47.1 Å². The third-order valence-corrected chi connectivity index (χ3v) is 3.25. The van der Waals surface area contributed by atoms with Crippen LogP contribution in [0.5, 0.6) is 0 Å². The molecule has 0 aromatic rings. The molecule has 0 bridgehead atoms. The van der Waals surface area contributed by atoms with E-state index in [0.29, 0.717) is 13.2 Å². The molecule has 0 N–H and O–H groups in total. The van der Waals surface area contributed by atoms with Gasteiger partial charge in [0.05, 0.1) is 13.7 Å². The lowest BCUT2D eigenvalue weighted by molar-refractivity contribution is -0.148. The van der Waals surface area contributed by atoms with Crippen LogP contribution in [-0.2, 0) is 19.0 Å². The van der Waals surface area contributed by atoms with Crippen molar-refractivity contribution in [2.45, 2.75) is 31.7 Å². The first kappa shape index (κ1) is 15.4. The Hall–Kier alpha value is -0.650. The van der Waals surface area contributed by atoms with Gasteiger partial charge in [0.2, 0.25) is 0 Å². The molecule has 5 nitrogen and oxygen atoms in total. The maximum atomic E-state index is 11.6. The van der Waals surface area contributed by atoms with Crippen molar-refractivity contribution in [2.24, 2.45) is 0 Å². The molecule has 0 radical (unpaired) electrons. The van der Waals surface area contributed by atoms with Gasteiger partial charge in [-0.3, -0.25) is 9.69 Å². The van der Waals surface area contributed by atoms with E-state index < -0.39 is 0 Å². The number of ether oxygens (including phenoxy) is 3. The second-order valence-corrected chi connectivity index (χ2v) is 4.53. The first-order valence-corrected chi connectivity index (χ1v) is 6.68. The summed E-state index contributed by atoms with van der Waals surface area (Å²) in [5.41, 5.74) is 0. The molecular formula is C13H25NO4. The van der Waals surface area contributed by atoms with E-state index in [1.807, 2.05) is 0 Å². The van der Waals surface area contributed by atoms with Gasteiger partial charge in [-0.2, -0.15) is 0 Å². The van der Waals surface area contributed by atoms with Gasteiger partial charge in [0.1, 0.15) is 6.04 Å². The van der Waals surface area contributed by atoms with Crippen LogP contribution in [0.3, 0.4) is 0 Å². The Morgan fingerprint density at radius 3 is 2.78 bits per heavy atom. The molecule has 0 aliphatic carbocycles. The number of piperidine rings is 1. The molecule has 0 unspecified atom stereocenters. The van der Waals surface area contributed by atoms with Crippen molar-refractivity contribution in [1.82, 2.24) is 4.90 Å². The first-order chi connectivity index (χ1) is 8.79. The zero-order valence-corrected chi connectivity index (χ0v) is 11.5. The number of carbonyl (C=O) groups is 1. The number of methoxy groups -OCH3 is 2. The minimum absolute atomic E-state index is 0.0775. The summed E-state index contributed by atoms with van der Waals surface area (Å²) in [6.45, 7) is 3.87. The Morgan fingerprint density at radius 2 is 2.06 bits per heavy atom. The molecule has 1 atom stereocenters. The number of carbonyl (C=O) groups excluding carboxylic acids is 1. The van der Waals surface area contributed by atoms with E-state index in [9.17, 15) is 4.79 Å². The van der Waals surface area contributed by atoms with Crippen LogP contribution < -0.4 is 0 Å². The van der Waals surface area contributed by atoms with Gasteiger partial charge in [0, 0.05) is 26.9 Å². The van der Waals surface area contributed by atoms with Crippen molar-refractivity contribution in [3.8, 4) is 0 Å². The number of rotatable bonds is 8. The maximum absolute atomic E-state index is 11.6. The van der Waals surface area contributed by atoms with Crippen LogP contribution in [0.4, 0.5) is 0 Å². The molecular weight excluding hydrogens is 234 g/mol. The Morgan fingerprint density at radius 1 is 1.22 bits per heavy atom. The summed E-state index contributed by atoms with van der Waals surface area (Å²) in [6.07, 6.45) is 4.06.